The Morgan fingerprint density at radius 3 is 2.26 bits per heavy atom. The van der Waals surface area contributed by atoms with Gasteiger partial charge in [-0.15, -0.1) is 0 Å². The number of hydrogen-bond acceptors (Lipinski definition) is 17. The van der Waals surface area contributed by atoms with E-state index in [1.807, 2.05) is 0 Å². The Morgan fingerprint density at radius 2 is 1.62 bits per heavy atom. The summed E-state index contributed by atoms with van der Waals surface area (Å²) in [5, 5.41) is 31.4. The molecule has 0 saturated carbocycles. The Morgan fingerprint density at radius 1 is 0.957 bits per heavy atom. The Hall–Kier alpha value is -2.66. The Labute approximate surface area is 262 Å². The summed E-state index contributed by atoms with van der Waals surface area (Å²) in [5.74, 6) is -0.0538. The SMILES string of the molecule is Nc1ncnc2c1ncn2[C@@H]1O[C@H](COP(=O)(O)OP(=O)(O)OC[C@H]2OC([n+]3cccc(C=O)c3)[C@H](O)[C@@H]2O)C(O)[C@H]1OP(=O)(O)O. The van der Waals surface area contributed by atoms with Crippen molar-refractivity contribution in [1.29, 1.82) is 0 Å². The third kappa shape index (κ3) is 8.15. The van der Waals surface area contributed by atoms with Crippen LogP contribution in [0, 0.1) is 0 Å². The minimum atomic E-state index is -5.51. The first-order valence-electron chi connectivity index (χ1n) is 13.1. The zero-order valence-electron chi connectivity index (χ0n) is 23.4. The topological polar surface area (TPSA) is 339 Å². The lowest BCUT2D eigenvalue weighted by Crippen LogP contribution is -2.46. The van der Waals surface area contributed by atoms with Crippen molar-refractivity contribution < 1.29 is 85.3 Å². The second-order valence-corrected chi connectivity index (χ2v) is 14.3. The molecule has 0 spiro atoms. The number of ether oxygens (including phenoxy) is 2. The van der Waals surface area contributed by atoms with E-state index in [0.29, 0.717) is 6.29 Å². The molecule has 0 bridgehead atoms. The molecule has 26 heteroatoms. The predicted octanol–water partition coefficient (Wildman–Crippen LogP) is -2.19. The second-order valence-electron chi connectivity index (χ2n) is 10.1. The van der Waals surface area contributed by atoms with Crippen LogP contribution in [-0.4, -0.2) is 111 Å². The van der Waals surface area contributed by atoms with Gasteiger partial charge >= 0.3 is 23.5 Å². The largest absolute Gasteiger partial charge is 0.481 e. The Kier molecular flexibility index (Phi) is 10.4. The number of hydrogen-bond donors (Lipinski definition) is 8. The quantitative estimate of drug-likeness (QED) is 0.0526. The number of nitrogens with two attached hydrogens (primary N) is 1. The maximum Gasteiger partial charge on any atom is 0.481 e. The van der Waals surface area contributed by atoms with Crippen LogP contribution in [-0.2, 0) is 41.1 Å². The normalized spacial score (nSPS) is 30.7. The maximum absolute atomic E-state index is 12.5. The molecule has 2 aliphatic heterocycles. The first-order valence-corrected chi connectivity index (χ1v) is 17.6. The van der Waals surface area contributed by atoms with Crippen LogP contribution in [0.25, 0.3) is 11.2 Å². The van der Waals surface area contributed by atoms with Gasteiger partial charge in [0.1, 0.15) is 42.4 Å². The summed E-state index contributed by atoms with van der Waals surface area (Å²) in [6.07, 6.45) is -7.51. The van der Waals surface area contributed by atoms with Gasteiger partial charge in [0.15, 0.2) is 42.5 Å². The monoisotopic (exact) mass is 729 g/mol. The van der Waals surface area contributed by atoms with E-state index in [4.69, 9.17) is 24.3 Å². The number of fused-ring (bicyclic) bond motifs is 1. The number of rotatable bonds is 13. The second kappa shape index (κ2) is 13.7. The van der Waals surface area contributed by atoms with Crippen LogP contribution < -0.4 is 10.3 Å². The van der Waals surface area contributed by atoms with Crippen LogP contribution in [0.1, 0.15) is 22.8 Å². The Balaban J connectivity index is 1.21. The molecular formula is C21H28N6O17P3+. The molecule has 9 N–H and O–H groups in total. The fraction of sp³-hybridized carbons (Fsp3) is 0.476. The number of aliphatic hydroxyl groups is 3. The molecule has 0 radical (unpaired) electrons. The number of aromatic nitrogens is 5. The van der Waals surface area contributed by atoms with Crippen LogP contribution >= 0.6 is 23.5 Å². The summed E-state index contributed by atoms with van der Waals surface area (Å²) < 4.78 is 68.4. The fourth-order valence-electron chi connectivity index (χ4n) is 4.77. The van der Waals surface area contributed by atoms with Crippen LogP contribution in [0.5, 0.6) is 0 Å². The number of anilines is 1. The number of carbonyl (C=O) groups excluding carboxylic acids is 1. The van der Waals surface area contributed by atoms with Gasteiger partial charge < -0.3 is 50.1 Å². The van der Waals surface area contributed by atoms with Gasteiger partial charge in [0.2, 0.25) is 0 Å². The van der Waals surface area contributed by atoms with Crippen LogP contribution in [0.4, 0.5) is 5.82 Å². The van der Waals surface area contributed by atoms with E-state index in [9.17, 15) is 53.4 Å². The predicted molar refractivity (Wildman–Crippen MR) is 147 cm³/mol. The molecule has 23 nitrogen and oxygen atoms in total. The summed E-state index contributed by atoms with van der Waals surface area (Å²) in [4.78, 5) is 61.7. The first kappa shape index (κ1) is 35.6. The van der Waals surface area contributed by atoms with Crippen LogP contribution in [0.15, 0.2) is 37.2 Å². The van der Waals surface area contributed by atoms with Crippen molar-refractivity contribution >= 4 is 46.7 Å². The molecule has 47 heavy (non-hydrogen) atoms. The molecule has 2 fully saturated rings. The molecule has 2 saturated heterocycles. The molecule has 258 valence electrons. The Bertz CT molecular complexity index is 1760. The summed E-state index contributed by atoms with van der Waals surface area (Å²) in [6, 6.07) is 2.94. The number of aliphatic hydroxyl groups excluding tert-OH is 3. The molecule has 0 aliphatic carbocycles. The van der Waals surface area contributed by atoms with Gasteiger partial charge in [-0.3, -0.25) is 22.9 Å². The van der Waals surface area contributed by atoms with Crippen LogP contribution in [0.2, 0.25) is 0 Å². The first-order chi connectivity index (χ1) is 22.0. The van der Waals surface area contributed by atoms with Crippen molar-refractivity contribution in [2.24, 2.45) is 0 Å². The molecule has 4 unspecified atom stereocenters. The highest BCUT2D eigenvalue weighted by molar-refractivity contribution is 7.61. The number of aldehydes is 1. The van der Waals surface area contributed by atoms with Gasteiger partial charge in [-0.2, -0.15) is 8.88 Å². The molecule has 3 aromatic heterocycles. The van der Waals surface area contributed by atoms with E-state index in [0.717, 1.165) is 17.2 Å². The molecule has 10 atom stereocenters. The number of phosphoric acid groups is 3. The fourth-order valence-corrected chi connectivity index (χ4v) is 7.41. The van der Waals surface area contributed by atoms with E-state index >= 15 is 0 Å². The van der Waals surface area contributed by atoms with Gasteiger partial charge in [0.25, 0.3) is 6.23 Å². The lowest BCUT2D eigenvalue weighted by molar-refractivity contribution is -0.765. The van der Waals surface area contributed by atoms with Crippen molar-refractivity contribution in [3.05, 3.63) is 42.7 Å². The summed E-state index contributed by atoms with van der Waals surface area (Å²) >= 11 is 0. The van der Waals surface area contributed by atoms with Crippen molar-refractivity contribution in [2.75, 3.05) is 18.9 Å². The van der Waals surface area contributed by atoms with E-state index in [1.165, 1.54) is 29.1 Å². The average Bonchev–Trinajstić information content (AvgIpc) is 3.64. The van der Waals surface area contributed by atoms with E-state index < -0.39 is 85.8 Å². The minimum absolute atomic E-state index is 0.00777. The highest BCUT2D eigenvalue weighted by Gasteiger charge is 2.51. The highest BCUT2D eigenvalue weighted by atomic mass is 31.3. The smallest absolute Gasteiger partial charge is 0.387 e. The standard InChI is InChI=1S/C21H27N6O17P3/c22-18-13-19(24-8-23-18)27(9-25-13)21-17(43-45(32,33)34)15(30)12(42-21)7-40-47(37,38)44-46(35,36)39-6-11-14(29)16(31)20(41-11)26-3-1-2-10(4-26)5-28/h1-5,8-9,11-12,14-17,20-21,29-31H,6-7H2,(H5-,22,23,24,32,33,34,35,36,37,38)/p+1/t11-,12-,14-,15?,16-,17-,20?,21-/m1/s1. The van der Waals surface area contributed by atoms with Gasteiger partial charge in [-0.25, -0.2) is 28.6 Å². The van der Waals surface area contributed by atoms with E-state index in [1.54, 1.807) is 0 Å². The van der Waals surface area contributed by atoms with Gasteiger partial charge in [0, 0.05) is 6.07 Å². The van der Waals surface area contributed by atoms with Gasteiger partial charge in [-0.1, -0.05) is 0 Å². The molecular weight excluding hydrogens is 701 g/mol. The molecule has 0 aromatic carbocycles. The van der Waals surface area contributed by atoms with Crippen molar-refractivity contribution in [3.63, 3.8) is 0 Å². The summed E-state index contributed by atoms with van der Waals surface area (Å²) in [6.45, 7) is -2.00. The van der Waals surface area contributed by atoms with E-state index in [2.05, 4.69) is 23.8 Å². The molecule has 2 aliphatic rings. The lowest BCUT2D eigenvalue weighted by atomic mass is 10.1. The van der Waals surface area contributed by atoms with E-state index in [-0.39, 0.29) is 22.5 Å². The maximum atomic E-state index is 12.5. The third-order valence-corrected chi connectivity index (χ3v) is 9.98. The van der Waals surface area contributed by atoms with Crippen molar-refractivity contribution in [2.45, 2.75) is 49.1 Å². The number of nitrogens with zero attached hydrogens (tertiary/aromatic N) is 5. The third-order valence-electron chi connectivity index (χ3n) is 6.86. The summed E-state index contributed by atoms with van der Waals surface area (Å²) in [5.41, 5.74) is 6.05. The lowest BCUT2D eigenvalue weighted by Gasteiger charge is -2.22. The average molecular weight is 729 g/mol. The number of pyridine rings is 1. The number of phosphoric ester groups is 3. The molecule has 0 amide bonds. The zero-order chi connectivity index (χ0) is 34.3. The van der Waals surface area contributed by atoms with Crippen LogP contribution in [0.3, 0.4) is 0 Å². The van der Waals surface area contributed by atoms with Crippen molar-refractivity contribution in [1.82, 2.24) is 19.5 Å². The highest BCUT2D eigenvalue weighted by Crippen LogP contribution is 2.61. The number of carbonyl (C=O) groups is 1. The van der Waals surface area contributed by atoms with Gasteiger partial charge in [0.05, 0.1) is 25.1 Å². The number of nitrogen functional groups attached to an aromatic ring is 1. The van der Waals surface area contributed by atoms with Gasteiger partial charge in [-0.05, 0) is 6.07 Å². The molecule has 5 rings (SSSR count). The number of imidazole rings is 1. The molecule has 5 heterocycles. The minimum Gasteiger partial charge on any atom is -0.387 e. The molecule has 3 aromatic rings. The zero-order valence-corrected chi connectivity index (χ0v) is 26.1. The van der Waals surface area contributed by atoms with Crippen molar-refractivity contribution in [3.8, 4) is 0 Å². The summed E-state index contributed by atoms with van der Waals surface area (Å²) in [7, 11) is -16.2.